The summed E-state index contributed by atoms with van der Waals surface area (Å²) in [6, 6.07) is 19.2. The van der Waals surface area contributed by atoms with Crippen molar-refractivity contribution in [3.63, 3.8) is 0 Å². The Balaban J connectivity index is 1.92. The first-order valence-corrected chi connectivity index (χ1v) is 9.89. The summed E-state index contributed by atoms with van der Waals surface area (Å²) in [5.74, 6) is 0. The summed E-state index contributed by atoms with van der Waals surface area (Å²) in [5, 5.41) is 1.56. The molecule has 0 bridgehead atoms. The van der Waals surface area contributed by atoms with Gasteiger partial charge in [-0.1, -0.05) is 36.4 Å². The lowest BCUT2D eigenvalue weighted by molar-refractivity contribution is 0.193. The van der Waals surface area contributed by atoms with Gasteiger partial charge in [0.2, 0.25) is 0 Å². The smallest absolute Gasteiger partial charge is 0.261 e. The van der Waals surface area contributed by atoms with Crippen molar-refractivity contribution in [2.24, 2.45) is 0 Å². The molecular formula is C19H24NO2P. The van der Waals surface area contributed by atoms with E-state index in [1.807, 2.05) is 60.7 Å². The summed E-state index contributed by atoms with van der Waals surface area (Å²) in [4.78, 5) is 2.32. The molecule has 23 heavy (non-hydrogen) atoms. The van der Waals surface area contributed by atoms with Crippen LogP contribution in [0.15, 0.2) is 60.7 Å². The van der Waals surface area contributed by atoms with Gasteiger partial charge in [-0.15, -0.1) is 0 Å². The predicted molar refractivity (Wildman–Crippen MR) is 96.0 cm³/mol. The molecule has 0 aliphatic carbocycles. The summed E-state index contributed by atoms with van der Waals surface area (Å²) in [7, 11) is -0.915. The zero-order chi connectivity index (χ0) is 16.1. The summed E-state index contributed by atoms with van der Waals surface area (Å²) in [6.45, 7) is 2.08. The van der Waals surface area contributed by atoms with E-state index in [1.165, 1.54) is 0 Å². The first-order chi connectivity index (χ1) is 11.2. The van der Waals surface area contributed by atoms with Crippen molar-refractivity contribution >= 4 is 18.0 Å². The van der Waals surface area contributed by atoms with Crippen LogP contribution in [0.3, 0.4) is 0 Å². The molecule has 122 valence electrons. The maximum absolute atomic E-state index is 13.8. The van der Waals surface area contributed by atoms with Crippen molar-refractivity contribution in [2.45, 2.75) is 25.4 Å². The molecule has 0 radical (unpaired) electrons. The number of rotatable bonds is 4. The number of benzene rings is 2. The molecule has 0 aromatic heterocycles. The van der Waals surface area contributed by atoms with E-state index >= 15 is 0 Å². The van der Waals surface area contributed by atoms with Crippen LogP contribution in [0.1, 0.15) is 19.3 Å². The van der Waals surface area contributed by atoms with E-state index in [9.17, 15) is 4.57 Å². The van der Waals surface area contributed by atoms with E-state index in [0.29, 0.717) is 0 Å². The molecule has 0 saturated carbocycles. The second kappa shape index (κ2) is 7.44. The van der Waals surface area contributed by atoms with Crippen LogP contribution in [0, 0.1) is 0 Å². The minimum absolute atomic E-state index is 0.0474. The van der Waals surface area contributed by atoms with Crippen molar-refractivity contribution in [3.05, 3.63) is 60.7 Å². The average Bonchev–Trinajstić information content (AvgIpc) is 2.81. The molecule has 3 rings (SSSR count). The van der Waals surface area contributed by atoms with Gasteiger partial charge in [-0.3, -0.25) is 4.57 Å². The summed E-state index contributed by atoms with van der Waals surface area (Å²) >= 11 is 0. The number of nitrogens with zero attached hydrogens (tertiary/aromatic N) is 1. The van der Waals surface area contributed by atoms with Crippen LogP contribution in [0.4, 0.5) is 0 Å². The van der Waals surface area contributed by atoms with Gasteiger partial charge in [-0.05, 0) is 57.1 Å². The molecule has 1 heterocycles. The van der Waals surface area contributed by atoms with E-state index < -0.39 is 7.37 Å². The fourth-order valence-corrected chi connectivity index (χ4v) is 5.35. The standard InChI is InChI=1S/C19H24NO2P/c1-20-15-8-9-17(14-16-20)22-23(21,18-10-4-2-5-11-18)19-12-6-3-7-13-19/h2-7,10-13,17H,8-9,14-16H2,1H3. The Morgan fingerprint density at radius 2 is 1.48 bits per heavy atom. The first kappa shape index (κ1) is 16.4. The zero-order valence-corrected chi connectivity index (χ0v) is 14.5. The van der Waals surface area contributed by atoms with Crippen molar-refractivity contribution in [2.75, 3.05) is 20.1 Å². The van der Waals surface area contributed by atoms with Crippen LogP contribution in [-0.2, 0) is 9.09 Å². The Hall–Kier alpha value is -1.41. The maximum atomic E-state index is 13.8. The molecule has 1 aliphatic rings. The average molecular weight is 329 g/mol. The van der Waals surface area contributed by atoms with Crippen molar-refractivity contribution in [1.82, 2.24) is 4.90 Å². The number of hydrogen-bond acceptors (Lipinski definition) is 3. The van der Waals surface area contributed by atoms with Crippen LogP contribution in [-0.4, -0.2) is 31.1 Å². The highest BCUT2D eigenvalue weighted by Crippen LogP contribution is 2.47. The topological polar surface area (TPSA) is 29.5 Å². The highest BCUT2D eigenvalue weighted by molar-refractivity contribution is 7.74. The SMILES string of the molecule is CN1CCCC(OP(=O)(c2ccccc2)c2ccccc2)CC1. The van der Waals surface area contributed by atoms with Crippen LogP contribution < -0.4 is 10.6 Å². The Morgan fingerprint density at radius 3 is 2.04 bits per heavy atom. The predicted octanol–water partition coefficient (Wildman–Crippen LogP) is 3.42. The zero-order valence-electron chi connectivity index (χ0n) is 13.6. The largest absolute Gasteiger partial charge is 0.319 e. The molecule has 0 amide bonds. The molecule has 2 aromatic carbocycles. The molecule has 1 atom stereocenters. The van der Waals surface area contributed by atoms with Crippen LogP contribution in [0.5, 0.6) is 0 Å². The fraction of sp³-hybridized carbons (Fsp3) is 0.368. The number of likely N-dealkylation sites (tertiary alicyclic amines) is 1. The van der Waals surface area contributed by atoms with Gasteiger partial charge in [0.25, 0.3) is 7.37 Å². The summed E-state index contributed by atoms with van der Waals surface area (Å²) in [5.41, 5.74) is 0. The van der Waals surface area contributed by atoms with Gasteiger partial charge in [0.05, 0.1) is 6.10 Å². The van der Waals surface area contributed by atoms with Crippen LogP contribution in [0.2, 0.25) is 0 Å². The van der Waals surface area contributed by atoms with Crippen LogP contribution >= 0.6 is 7.37 Å². The Labute approximate surface area is 138 Å². The quantitative estimate of drug-likeness (QED) is 0.805. The first-order valence-electron chi connectivity index (χ1n) is 8.27. The lowest BCUT2D eigenvalue weighted by atomic mass is 10.2. The van der Waals surface area contributed by atoms with Gasteiger partial charge < -0.3 is 9.42 Å². The third-order valence-corrected chi connectivity index (χ3v) is 6.94. The third kappa shape index (κ3) is 3.92. The molecule has 1 fully saturated rings. The lowest BCUT2D eigenvalue weighted by Gasteiger charge is -2.25. The Morgan fingerprint density at radius 1 is 0.913 bits per heavy atom. The Bertz CT molecular complexity index is 616. The van der Waals surface area contributed by atoms with E-state index in [1.54, 1.807) is 0 Å². The normalized spacial score (nSPS) is 20.1. The molecule has 1 saturated heterocycles. The molecule has 0 spiro atoms. The molecular weight excluding hydrogens is 305 g/mol. The molecule has 4 heteroatoms. The van der Waals surface area contributed by atoms with Gasteiger partial charge in [-0.2, -0.15) is 0 Å². The second-order valence-corrected chi connectivity index (χ2v) is 8.53. The minimum atomic E-state index is -3.05. The monoisotopic (exact) mass is 329 g/mol. The lowest BCUT2D eigenvalue weighted by Crippen LogP contribution is -2.24. The van der Waals surface area contributed by atoms with Crippen LogP contribution in [0.25, 0.3) is 0 Å². The van der Waals surface area contributed by atoms with E-state index in [-0.39, 0.29) is 6.10 Å². The van der Waals surface area contributed by atoms with Gasteiger partial charge in [0.1, 0.15) is 0 Å². The van der Waals surface area contributed by atoms with Gasteiger partial charge >= 0.3 is 0 Å². The van der Waals surface area contributed by atoms with E-state index in [0.717, 1.165) is 43.0 Å². The Kier molecular flexibility index (Phi) is 5.32. The van der Waals surface area contributed by atoms with Crippen molar-refractivity contribution in [3.8, 4) is 0 Å². The minimum Gasteiger partial charge on any atom is -0.319 e. The maximum Gasteiger partial charge on any atom is 0.261 e. The molecule has 1 unspecified atom stereocenters. The highest BCUT2D eigenvalue weighted by Gasteiger charge is 2.32. The number of hydrogen-bond donors (Lipinski definition) is 0. The highest BCUT2D eigenvalue weighted by atomic mass is 31.2. The van der Waals surface area contributed by atoms with Gasteiger partial charge in [-0.25, -0.2) is 0 Å². The third-order valence-electron chi connectivity index (χ3n) is 4.39. The second-order valence-electron chi connectivity index (χ2n) is 6.18. The summed E-state index contributed by atoms with van der Waals surface area (Å²) < 4.78 is 20.2. The molecule has 2 aromatic rings. The van der Waals surface area contributed by atoms with Crippen molar-refractivity contribution in [1.29, 1.82) is 0 Å². The van der Waals surface area contributed by atoms with Crippen molar-refractivity contribution < 1.29 is 9.09 Å². The van der Waals surface area contributed by atoms with E-state index in [2.05, 4.69) is 11.9 Å². The summed E-state index contributed by atoms with van der Waals surface area (Å²) in [6.07, 6.45) is 3.03. The van der Waals surface area contributed by atoms with E-state index in [4.69, 9.17) is 4.52 Å². The van der Waals surface area contributed by atoms with Gasteiger partial charge in [0, 0.05) is 17.2 Å². The fourth-order valence-electron chi connectivity index (χ4n) is 3.04. The molecule has 0 N–H and O–H groups in total. The molecule has 1 aliphatic heterocycles. The molecule has 3 nitrogen and oxygen atoms in total. The van der Waals surface area contributed by atoms with Gasteiger partial charge in [0.15, 0.2) is 0 Å².